The summed E-state index contributed by atoms with van der Waals surface area (Å²) in [5.41, 5.74) is 6.71. The van der Waals surface area contributed by atoms with Crippen LogP contribution in [0.25, 0.3) is 17.1 Å². The lowest BCUT2D eigenvalue weighted by Crippen LogP contribution is -2.02. The van der Waals surface area contributed by atoms with Crippen LogP contribution in [-0.4, -0.2) is 20.2 Å². The lowest BCUT2D eigenvalue weighted by molar-refractivity contribution is 0.629. The number of halogens is 3. The van der Waals surface area contributed by atoms with E-state index in [1.165, 1.54) is 22.9 Å². The average Bonchev–Trinajstić information content (AvgIpc) is 2.93. The summed E-state index contributed by atoms with van der Waals surface area (Å²) in [7, 11) is 0. The third kappa shape index (κ3) is 2.55. The van der Waals surface area contributed by atoms with Crippen molar-refractivity contribution in [3.05, 3.63) is 52.3 Å². The highest BCUT2D eigenvalue weighted by atomic mass is 35.5. The van der Waals surface area contributed by atoms with Crippen LogP contribution in [0.2, 0.25) is 10.0 Å². The van der Waals surface area contributed by atoms with Gasteiger partial charge in [0.05, 0.1) is 16.3 Å². The van der Waals surface area contributed by atoms with E-state index in [9.17, 15) is 4.39 Å². The number of nitrogens with two attached hydrogens (primary N) is 1. The van der Waals surface area contributed by atoms with Gasteiger partial charge in [-0.1, -0.05) is 23.2 Å². The number of hydrogen-bond donors (Lipinski definition) is 1. The number of anilines is 1. The Morgan fingerprint density at radius 3 is 2.71 bits per heavy atom. The summed E-state index contributed by atoms with van der Waals surface area (Å²) < 4.78 is 15.3. The Kier molecular flexibility index (Phi) is 3.48. The van der Waals surface area contributed by atoms with E-state index < -0.39 is 5.82 Å². The second kappa shape index (κ2) is 5.31. The summed E-state index contributed by atoms with van der Waals surface area (Å²) in [5.74, 6) is -0.303. The molecule has 2 N–H and O–H groups in total. The van der Waals surface area contributed by atoms with Crippen LogP contribution in [-0.2, 0) is 0 Å². The summed E-state index contributed by atoms with van der Waals surface area (Å²) in [6.07, 6.45) is 0. The van der Waals surface area contributed by atoms with Gasteiger partial charge in [-0.3, -0.25) is 0 Å². The highest BCUT2D eigenvalue weighted by molar-refractivity contribution is 6.34. The van der Waals surface area contributed by atoms with Crippen LogP contribution < -0.4 is 5.73 Å². The molecular weight excluding hydrogens is 316 g/mol. The van der Waals surface area contributed by atoms with E-state index in [-0.39, 0.29) is 11.4 Å². The van der Waals surface area contributed by atoms with E-state index in [0.717, 1.165) is 0 Å². The monoisotopic (exact) mass is 323 g/mol. The van der Waals surface area contributed by atoms with Crippen LogP contribution in [0.3, 0.4) is 0 Å². The van der Waals surface area contributed by atoms with E-state index in [1.807, 2.05) is 0 Å². The smallest absolute Gasteiger partial charge is 0.190 e. The Hall–Kier alpha value is -2.18. The fourth-order valence-corrected chi connectivity index (χ4v) is 2.24. The predicted molar refractivity (Wildman–Crippen MR) is 79.0 cm³/mol. The van der Waals surface area contributed by atoms with E-state index in [1.54, 1.807) is 18.2 Å². The van der Waals surface area contributed by atoms with Gasteiger partial charge in [-0.05, 0) is 46.8 Å². The Bertz CT molecular complexity index is 752. The van der Waals surface area contributed by atoms with Crippen molar-refractivity contribution in [2.45, 2.75) is 0 Å². The standard InChI is InChI=1S/C13H8Cl2FN5/c14-7-1-3-10(15)12(5-7)21-13(18-19-20-21)9-6-8(17)2-4-11(9)16/h1-6H,17H2. The fraction of sp³-hybridized carbons (Fsp3) is 0. The van der Waals surface area contributed by atoms with E-state index >= 15 is 0 Å². The first-order chi connectivity index (χ1) is 10.1. The van der Waals surface area contributed by atoms with Gasteiger partial charge in [0.1, 0.15) is 5.82 Å². The molecule has 0 amide bonds. The molecule has 0 aliphatic carbocycles. The summed E-state index contributed by atoms with van der Waals surface area (Å²) in [4.78, 5) is 0. The second-order valence-electron chi connectivity index (χ2n) is 4.25. The quantitative estimate of drug-likeness (QED) is 0.734. The van der Waals surface area contributed by atoms with Gasteiger partial charge < -0.3 is 5.73 Å². The minimum absolute atomic E-state index is 0.177. The first kappa shape index (κ1) is 13.8. The molecule has 0 bridgehead atoms. The number of aromatic nitrogens is 4. The third-order valence-electron chi connectivity index (χ3n) is 2.84. The van der Waals surface area contributed by atoms with Crippen molar-refractivity contribution in [1.82, 2.24) is 20.2 Å². The van der Waals surface area contributed by atoms with Crippen molar-refractivity contribution in [2.75, 3.05) is 5.73 Å². The zero-order chi connectivity index (χ0) is 15.0. The van der Waals surface area contributed by atoms with Gasteiger partial charge in [0.25, 0.3) is 0 Å². The van der Waals surface area contributed by atoms with E-state index in [4.69, 9.17) is 28.9 Å². The lowest BCUT2D eigenvalue weighted by atomic mass is 10.1. The summed E-state index contributed by atoms with van der Waals surface area (Å²) >= 11 is 12.1. The highest BCUT2D eigenvalue weighted by Crippen LogP contribution is 2.29. The molecule has 0 unspecified atom stereocenters. The molecule has 1 aromatic heterocycles. The van der Waals surface area contributed by atoms with Crippen LogP contribution in [0, 0.1) is 5.82 Å². The van der Waals surface area contributed by atoms with Crippen molar-refractivity contribution in [2.24, 2.45) is 0 Å². The maximum Gasteiger partial charge on any atom is 0.190 e. The van der Waals surface area contributed by atoms with Crippen molar-refractivity contribution >= 4 is 28.9 Å². The zero-order valence-corrected chi connectivity index (χ0v) is 12.0. The zero-order valence-electron chi connectivity index (χ0n) is 10.5. The molecule has 106 valence electrons. The first-order valence-electron chi connectivity index (χ1n) is 5.85. The maximum absolute atomic E-state index is 14.0. The Balaban J connectivity index is 2.22. The van der Waals surface area contributed by atoms with Gasteiger partial charge in [0, 0.05) is 10.7 Å². The Morgan fingerprint density at radius 1 is 1.10 bits per heavy atom. The molecule has 1 heterocycles. The predicted octanol–water partition coefficient (Wildman–Crippen LogP) is 3.36. The number of nitrogen functional groups attached to an aromatic ring is 1. The largest absolute Gasteiger partial charge is 0.399 e. The SMILES string of the molecule is Nc1ccc(F)c(-c2nnnn2-c2cc(Cl)ccc2Cl)c1. The van der Waals surface area contributed by atoms with Crippen molar-refractivity contribution in [3.63, 3.8) is 0 Å². The third-order valence-corrected chi connectivity index (χ3v) is 3.39. The first-order valence-corrected chi connectivity index (χ1v) is 6.61. The van der Waals surface area contributed by atoms with Gasteiger partial charge in [0.15, 0.2) is 5.82 Å². The molecule has 0 spiro atoms. The Morgan fingerprint density at radius 2 is 1.90 bits per heavy atom. The van der Waals surface area contributed by atoms with Crippen molar-refractivity contribution < 1.29 is 4.39 Å². The molecule has 3 aromatic rings. The molecule has 21 heavy (non-hydrogen) atoms. The molecule has 0 aliphatic heterocycles. The van der Waals surface area contributed by atoms with Crippen molar-refractivity contribution in [3.8, 4) is 17.1 Å². The van der Waals surface area contributed by atoms with Crippen LogP contribution in [0.4, 0.5) is 10.1 Å². The summed E-state index contributed by atoms with van der Waals surface area (Å²) in [6.45, 7) is 0. The van der Waals surface area contributed by atoms with Crippen LogP contribution >= 0.6 is 23.2 Å². The molecular formula is C13H8Cl2FN5. The molecule has 0 fully saturated rings. The van der Waals surface area contributed by atoms with Gasteiger partial charge >= 0.3 is 0 Å². The van der Waals surface area contributed by atoms with Gasteiger partial charge in [-0.15, -0.1) is 5.10 Å². The minimum atomic E-state index is -0.488. The second-order valence-corrected chi connectivity index (χ2v) is 5.09. The summed E-state index contributed by atoms with van der Waals surface area (Å²) in [5, 5.41) is 12.1. The lowest BCUT2D eigenvalue weighted by Gasteiger charge is -2.08. The molecule has 0 atom stereocenters. The molecule has 2 aromatic carbocycles. The topological polar surface area (TPSA) is 69.6 Å². The van der Waals surface area contributed by atoms with Crippen LogP contribution in [0.5, 0.6) is 0 Å². The van der Waals surface area contributed by atoms with Crippen LogP contribution in [0.15, 0.2) is 36.4 Å². The van der Waals surface area contributed by atoms with E-state index in [2.05, 4.69) is 15.5 Å². The Labute approximate surface area is 129 Å². The van der Waals surface area contributed by atoms with E-state index in [0.29, 0.717) is 21.4 Å². The number of hydrogen-bond acceptors (Lipinski definition) is 4. The molecule has 0 radical (unpaired) electrons. The highest BCUT2D eigenvalue weighted by Gasteiger charge is 2.17. The summed E-state index contributed by atoms with van der Waals surface area (Å²) in [6, 6.07) is 9.01. The number of rotatable bonds is 2. The maximum atomic E-state index is 14.0. The van der Waals surface area contributed by atoms with Gasteiger partial charge in [-0.25, -0.2) is 4.39 Å². The average molecular weight is 324 g/mol. The van der Waals surface area contributed by atoms with Crippen LogP contribution in [0.1, 0.15) is 0 Å². The number of benzene rings is 2. The molecule has 8 heteroatoms. The molecule has 5 nitrogen and oxygen atoms in total. The molecule has 3 rings (SSSR count). The fourth-order valence-electron chi connectivity index (χ4n) is 1.88. The molecule has 0 saturated carbocycles. The van der Waals surface area contributed by atoms with Gasteiger partial charge in [-0.2, -0.15) is 4.68 Å². The minimum Gasteiger partial charge on any atom is -0.399 e. The molecule has 0 saturated heterocycles. The van der Waals surface area contributed by atoms with Gasteiger partial charge in [0.2, 0.25) is 0 Å². The number of tetrazole rings is 1. The number of nitrogens with zero attached hydrogens (tertiary/aromatic N) is 4. The molecule has 0 aliphatic rings. The normalized spacial score (nSPS) is 10.8. The van der Waals surface area contributed by atoms with Crippen molar-refractivity contribution in [1.29, 1.82) is 0 Å².